The first-order valence-corrected chi connectivity index (χ1v) is 21.2. The maximum atomic E-state index is 13.3. The van der Waals surface area contributed by atoms with Crippen molar-refractivity contribution in [3.8, 4) is 0 Å². The Balaban J connectivity index is 1.66. The topological polar surface area (TPSA) is 165 Å². The predicted molar refractivity (Wildman–Crippen MR) is 228 cm³/mol. The van der Waals surface area contributed by atoms with E-state index in [1.54, 1.807) is 0 Å². The fourth-order valence-corrected chi connectivity index (χ4v) is 8.49. The lowest BCUT2D eigenvalue weighted by atomic mass is 9.50. The Labute approximate surface area is 330 Å². The van der Waals surface area contributed by atoms with Gasteiger partial charge in [-0.2, -0.15) is 0 Å². The molecule has 0 atom stereocenters. The summed E-state index contributed by atoms with van der Waals surface area (Å²) >= 11 is 0. The molecule has 0 aliphatic heterocycles. The van der Waals surface area contributed by atoms with Gasteiger partial charge in [-0.15, -0.1) is 0 Å². The van der Waals surface area contributed by atoms with Crippen molar-refractivity contribution in [3.63, 3.8) is 0 Å². The third-order valence-corrected chi connectivity index (χ3v) is 11.3. The fraction of sp³-hybridized carbons (Fsp3) is 0.543. The smallest absolute Gasteiger partial charge is 0.224 e. The van der Waals surface area contributed by atoms with Gasteiger partial charge in [0.1, 0.15) is 0 Å². The van der Waals surface area contributed by atoms with Gasteiger partial charge in [0.25, 0.3) is 0 Å². The van der Waals surface area contributed by atoms with Gasteiger partial charge in [0.05, 0.1) is 0 Å². The van der Waals surface area contributed by atoms with Crippen molar-refractivity contribution in [1.82, 2.24) is 5.32 Å². The minimum Gasteiger partial charge on any atom is -0.332 e. The third-order valence-electron chi connectivity index (χ3n) is 11.3. The first-order chi connectivity index (χ1) is 26.8. The van der Waals surface area contributed by atoms with Crippen LogP contribution in [0.3, 0.4) is 0 Å². The number of rotatable bonds is 26. The van der Waals surface area contributed by atoms with Crippen molar-refractivity contribution >= 4 is 29.1 Å². The van der Waals surface area contributed by atoms with Crippen LogP contribution >= 0.6 is 0 Å². The molecule has 2 bridgehead atoms. The van der Waals surface area contributed by atoms with Gasteiger partial charge in [0, 0.05) is 48.2 Å². The Hall–Kier alpha value is -4.05. The van der Waals surface area contributed by atoms with Gasteiger partial charge < -0.3 is 33.2 Å². The molecular weight excluding hydrogens is 685 g/mol. The summed E-state index contributed by atoms with van der Waals surface area (Å²) in [6.07, 6.45) is 23.0. The van der Waals surface area contributed by atoms with Gasteiger partial charge in [-0.1, -0.05) is 95.6 Å². The number of hydrogen-bond acceptors (Lipinski definition) is 6. The molecule has 0 unspecified atom stereocenters. The first kappa shape index (κ1) is 43.7. The number of hydrogen-bond donors (Lipinski definition) is 6. The fourth-order valence-electron chi connectivity index (χ4n) is 8.49. The second kappa shape index (κ2) is 23.1. The summed E-state index contributed by atoms with van der Waals surface area (Å²) in [5.41, 5.74) is 24.4. The van der Waals surface area contributed by atoms with E-state index >= 15 is 0 Å². The Morgan fingerprint density at radius 2 is 1.05 bits per heavy atom. The van der Waals surface area contributed by atoms with E-state index in [0.29, 0.717) is 45.3 Å². The second-order valence-electron chi connectivity index (χ2n) is 15.3. The highest BCUT2D eigenvalue weighted by atomic mass is 16.2. The quantitative estimate of drug-likeness (QED) is 0.0526. The van der Waals surface area contributed by atoms with Crippen molar-refractivity contribution in [1.29, 1.82) is 0 Å². The van der Waals surface area contributed by atoms with E-state index in [0.717, 1.165) is 130 Å². The maximum Gasteiger partial charge on any atom is 0.224 e. The highest BCUT2D eigenvalue weighted by Crippen LogP contribution is 2.63. The normalized spacial score (nSPS) is 18.2. The Kier molecular flexibility index (Phi) is 18.4. The standard InChI is InChI=1S/C46H68N6O3/c1-3-20-36-41(33-50-42(53)21-14-8-5-11-17-28-47)46(4-2)39-31-34(51-43(54)22-15-9-6-12-18-29-48)24-26-37(39)45(36)38-27-25-35(32-40(38)46)52-44(55)23-16-10-7-13-19-30-49/h3,20,24-27,31-33,45H,1,4-19,21-23,28-30,47-49H2,2H3,(H,50,53)(H,51,54)(H,52,55)/b36-20?,41-33+. The number of carbonyl (C=O) groups excluding carboxylic acids is 3. The monoisotopic (exact) mass is 753 g/mol. The molecule has 9 heteroatoms. The molecule has 3 aliphatic rings. The molecular formula is C46H68N6O3. The van der Waals surface area contributed by atoms with Crippen molar-refractivity contribution < 1.29 is 14.4 Å². The molecule has 3 aliphatic carbocycles. The van der Waals surface area contributed by atoms with Crippen LogP contribution in [0, 0.1) is 0 Å². The molecule has 0 saturated heterocycles. The molecule has 55 heavy (non-hydrogen) atoms. The Morgan fingerprint density at radius 3 is 1.47 bits per heavy atom. The third kappa shape index (κ3) is 11.7. The summed E-state index contributed by atoms with van der Waals surface area (Å²) in [4.78, 5) is 39.6. The molecule has 300 valence electrons. The predicted octanol–water partition coefficient (Wildman–Crippen LogP) is 8.73. The van der Waals surface area contributed by atoms with Crippen LogP contribution in [-0.2, 0) is 19.8 Å². The summed E-state index contributed by atoms with van der Waals surface area (Å²) in [6, 6.07) is 12.6. The van der Waals surface area contributed by atoms with Crippen molar-refractivity contribution in [3.05, 3.63) is 94.7 Å². The number of carbonyl (C=O) groups is 3. The zero-order valence-corrected chi connectivity index (χ0v) is 33.5. The van der Waals surface area contributed by atoms with E-state index in [9.17, 15) is 14.4 Å². The summed E-state index contributed by atoms with van der Waals surface area (Å²) < 4.78 is 0. The molecule has 0 spiro atoms. The highest BCUT2D eigenvalue weighted by molar-refractivity contribution is 5.92. The zero-order valence-electron chi connectivity index (χ0n) is 33.5. The zero-order chi connectivity index (χ0) is 39.5. The van der Waals surface area contributed by atoms with Crippen molar-refractivity contribution in [2.45, 2.75) is 140 Å². The molecule has 2 aromatic carbocycles. The average Bonchev–Trinajstić information content (AvgIpc) is 3.18. The van der Waals surface area contributed by atoms with Gasteiger partial charge >= 0.3 is 0 Å². The van der Waals surface area contributed by atoms with E-state index in [1.807, 2.05) is 24.4 Å². The number of allylic oxidation sites excluding steroid dienone is 4. The van der Waals surface area contributed by atoms with E-state index in [1.165, 1.54) is 11.1 Å². The van der Waals surface area contributed by atoms with Gasteiger partial charge in [-0.05, 0) is 122 Å². The van der Waals surface area contributed by atoms with Crippen LogP contribution in [0.25, 0.3) is 0 Å². The molecule has 9 nitrogen and oxygen atoms in total. The number of nitrogens with two attached hydrogens (primary N) is 3. The van der Waals surface area contributed by atoms with Crippen LogP contribution in [0.1, 0.15) is 157 Å². The number of anilines is 2. The minimum atomic E-state index is -0.656. The van der Waals surface area contributed by atoms with Crippen LogP contribution in [0.5, 0.6) is 0 Å². The lowest BCUT2D eigenvalue weighted by molar-refractivity contribution is -0.120. The van der Waals surface area contributed by atoms with Gasteiger partial charge in [0.15, 0.2) is 0 Å². The molecule has 3 amide bonds. The Bertz CT molecular complexity index is 1560. The lowest BCUT2D eigenvalue weighted by Crippen LogP contribution is -2.44. The summed E-state index contributed by atoms with van der Waals surface area (Å²) in [7, 11) is 0. The number of benzene rings is 2. The molecule has 0 radical (unpaired) electrons. The number of unbranched alkanes of at least 4 members (excludes halogenated alkanes) is 12. The van der Waals surface area contributed by atoms with Gasteiger partial charge in [0.2, 0.25) is 17.7 Å². The largest absolute Gasteiger partial charge is 0.332 e. The SMILES string of the molecule is C=CC=C1/C(=C\NC(=O)CCCCCCCN)C2(CC)c3cc(NC(=O)CCCCCCCN)ccc3C1c1ccc(NC(=O)CCCCCCCN)cc12. The van der Waals surface area contributed by atoms with E-state index in [4.69, 9.17) is 17.2 Å². The molecule has 9 N–H and O–H groups in total. The molecule has 0 fully saturated rings. The maximum absolute atomic E-state index is 13.3. The van der Waals surface area contributed by atoms with E-state index in [-0.39, 0.29) is 23.6 Å². The Morgan fingerprint density at radius 1 is 0.636 bits per heavy atom. The average molecular weight is 753 g/mol. The van der Waals surface area contributed by atoms with Crippen LogP contribution in [0.15, 0.2) is 72.5 Å². The lowest BCUT2D eigenvalue weighted by Gasteiger charge is -2.52. The number of amides is 3. The van der Waals surface area contributed by atoms with Crippen LogP contribution in [-0.4, -0.2) is 37.4 Å². The molecule has 0 saturated carbocycles. The van der Waals surface area contributed by atoms with Crippen LogP contribution in [0.4, 0.5) is 11.4 Å². The van der Waals surface area contributed by atoms with Crippen LogP contribution < -0.4 is 33.2 Å². The number of fused-ring (bicyclic) bond motifs is 1. The summed E-state index contributed by atoms with van der Waals surface area (Å²) in [6.45, 7) is 8.37. The van der Waals surface area contributed by atoms with Crippen molar-refractivity contribution in [2.24, 2.45) is 17.2 Å². The second-order valence-corrected chi connectivity index (χ2v) is 15.3. The summed E-state index contributed by atoms with van der Waals surface area (Å²) in [5, 5.41) is 9.55. The van der Waals surface area contributed by atoms with Gasteiger partial charge in [-0.25, -0.2) is 0 Å². The molecule has 0 heterocycles. The molecule has 5 rings (SSSR count). The molecule has 2 aromatic rings. The highest BCUT2D eigenvalue weighted by Gasteiger charge is 2.53. The van der Waals surface area contributed by atoms with E-state index in [2.05, 4.69) is 59.8 Å². The minimum absolute atomic E-state index is 0.00775. The molecule has 0 aromatic heterocycles. The van der Waals surface area contributed by atoms with Crippen molar-refractivity contribution in [2.75, 3.05) is 30.3 Å². The van der Waals surface area contributed by atoms with E-state index < -0.39 is 5.41 Å². The number of nitrogens with one attached hydrogen (secondary N) is 3. The summed E-state index contributed by atoms with van der Waals surface area (Å²) in [5.74, 6) is -0.106. The van der Waals surface area contributed by atoms with Crippen LogP contribution in [0.2, 0.25) is 0 Å². The first-order valence-electron chi connectivity index (χ1n) is 21.2. The van der Waals surface area contributed by atoms with Gasteiger partial charge in [-0.3, -0.25) is 14.4 Å².